The molecular weight excluding hydrogens is 390 g/mol. The summed E-state index contributed by atoms with van der Waals surface area (Å²) >= 11 is 0. The summed E-state index contributed by atoms with van der Waals surface area (Å²) in [5.41, 5.74) is 5.04. The third-order valence-electron chi connectivity index (χ3n) is 5.73. The molecule has 0 saturated carbocycles. The summed E-state index contributed by atoms with van der Waals surface area (Å²) < 4.78 is 12.5. The number of methoxy groups -OCH3 is 1. The van der Waals surface area contributed by atoms with E-state index in [-0.39, 0.29) is 5.97 Å². The van der Waals surface area contributed by atoms with E-state index >= 15 is 0 Å². The number of carbonyl (C=O) groups excluding carboxylic acids is 1. The second kappa shape index (κ2) is 9.79. The fraction of sp³-hybridized carbons (Fsp3) is 0.360. The number of hydrogen-bond acceptors (Lipinski definition) is 5. The Balaban J connectivity index is 1.54. The molecule has 0 N–H and O–H groups in total. The Labute approximate surface area is 183 Å². The molecule has 1 aliphatic rings. The van der Waals surface area contributed by atoms with Gasteiger partial charge in [-0.3, -0.25) is 9.58 Å². The third kappa shape index (κ3) is 4.97. The first-order valence-electron chi connectivity index (χ1n) is 10.8. The van der Waals surface area contributed by atoms with Crippen molar-refractivity contribution in [3.63, 3.8) is 0 Å². The number of hydrogen-bond donors (Lipinski definition) is 0. The van der Waals surface area contributed by atoms with Crippen molar-refractivity contribution in [1.29, 1.82) is 0 Å². The molecule has 0 aliphatic carbocycles. The highest BCUT2D eigenvalue weighted by Gasteiger charge is 2.28. The largest absolute Gasteiger partial charge is 0.497 e. The summed E-state index contributed by atoms with van der Waals surface area (Å²) in [4.78, 5) is 15.0. The number of esters is 1. The second-order valence-corrected chi connectivity index (χ2v) is 7.76. The van der Waals surface area contributed by atoms with Crippen LogP contribution in [0.1, 0.15) is 39.8 Å². The minimum atomic E-state index is -0.336. The Morgan fingerprint density at radius 3 is 2.55 bits per heavy atom. The minimum Gasteiger partial charge on any atom is -0.497 e. The number of carbonyl (C=O) groups is 1. The predicted molar refractivity (Wildman–Crippen MR) is 119 cm³/mol. The molecule has 162 valence electrons. The van der Waals surface area contributed by atoms with Crippen LogP contribution in [0.3, 0.4) is 0 Å². The van der Waals surface area contributed by atoms with Gasteiger partial charge < -0.3 is 9.47 Å². The fourth-order valence-corrected chi connectivity index (χ4v) is 4.07. The molecule has 0 fully saturated rings. The van der Waals surface area contributed by atoms with Crippen LogP contribution >= 0.6 is 0 Å². The van der Waals surface area contributed by atoms with Crippen molar-refractivity contribution in [3.05, 3.63) is 82.7 Å². The van der Waals surface area contributed by atoms with Crippen molar-refractivity contribution in [3.8, 4) is 5.75 Å². The van der Waals surface area contributed by atoms with Crippen LogP contribution in [0.25, 0.3) is 0 Å². The molecule has 31 heavy (non-hydrogen) atoms. The van der Waals surface area contributed by atoms with Gasteiger partial charge in [-0.25, -0.2) is 4.79 Å². The van der Waals surface area contributed by atoms with Gasteiger partial charge >= 0.3 is 5.97 Å². The van der Waals surface area contributed by atoms with Crippen molar-refractivity contribution >= 4 is 5.97 Å². The lowest BCUT2D eigenvalue weighted by Gasteiger charge is -2.27. The van der Waals surface area contributed by atoms with Crippen LogP contribution in [0.5, 0.6) is 5.75 Å². The van der Waals surface area contributed by atoms with E-state index in [4.69, 9.17) is 9.47 Å². The summed E-state index contributed by atoms with van der Waals surface area (Å²) in [6, 6.07) is 18.5. The molecule has 0 radical (unpaired) electrons. The van der Waals surface area contributed by atoms with E-state index in [0.29, 0.717) is 18.8 Å². The first kappa shape index (κ1) is 21.1. The zero-order valence-corrected chi connectivity index (χ0v) is 18.2. The topological polar surface area (TPSA) is 56.6 Å². The van der Waals surface area contributed by atoms with Gasteiger partial charge in [0.25, 0.3) is 0 Å². The van der Waals surface area contributed by atoms with Crippen LogP contribution in [0.2, 0.25) is 0 Å². The Bertz CT molecular complexity index is 1010. The Hall–Kier alpha value is -3.12. The quantitative estimate of drug-likeness (QED) is 0.521. The van der Waals surface area contributed by atoms with Crippen molar-refractivity contribution in [2.45, 2.75) is 32.9 Å². The lowest BCUT2D eigenvalue weighted by molar-refractivity contribution is 0.0516. The molecule has 0 spiro atoms. The number of nitrogens with zero attached hydrogens (tertiary/aromatic N) is 3. The standard InChI is InChI=1S/C25H29N3O3/c1-3-31-25(29)24-22-18-27(15-13-19-7-5-4-6-8-19)16-14-23(22)28(26-24)17-20-9-11-21(30-2)12-10-20/h4-12H,3,13-18H2,1-2H3. The maximum absolute atomic E-state index is 12.6. The van der Waals surface area contributed by atoms with Crippen LogP contribution in [0.15, 0.2) is 54.6 Å². The van der Waals surface area contributed by atoms with E-state index < -0.39 is 0 Å². The average molecular weight is 420 g/mol. The fourth-order valence-electron chi connectivity index (χ4n) is 4.07. The average Bonchev–Trinajstić information content (AvgIpc) is 3.17. The summed E-state index contributed by atoms with van der Waals surface area (Å²) in [5, 5.41) is 4.69. The van der Waals surface area contributed by atoms with Gasteiger partial charge in [0.15, 0.2) is 5.69 Å². The van der Waals surface area contributed by atoms with Crippen molar-refractivity contribution in [2.75, 3.05) is 26.8 Å². The molecule has 0 bridgehead atoms. The van der Waals surface area contributed by atoms with Gasteiger partial charge in [0, 0.05) is 37.3 Å². The summed E-state index contributed by atoms with van der Waals surface area (Å²) in [5.74, 6) is 0.490. The van der Waals surface area contributed by atoms with Crippen LogP contribution < -0.4 is 4.74 Å². The van der Waals surface area contributed by atoms with E-state index in [9.17, 15) is 4.79 Å². The first-order chi connectivity index (χ1) is 15.2. The van der Waals surface area contributed by atoms with Gasteiger partial charge in [0.05, 0.1) is 20.3 Å². The highest BCUT2D eigenvalue weighted by atomic mass is 16.5. The van der Waals surface area contributed by atoms with Gasteiger partial charge in [-0.15, -0.1) is 0 Å². The predicted octanol–water partition coefficient (Wildman–Crippen LogP) is 3.72. The Morgan fingerprint density at radius 2 is 1.84 bits per heavy atom. The Kier molecular flexibility index (Phi) is 6.67. The SMILES string of the molecule is CCOC(=O)c1nn(Cc2ccc(OC)cc2)c2c1CN(CCc1ccccc1)CC2. The molecule has 0 unspecified atom stereocenters. The van der Waals surface area contributed by atoms with Gasteiger partial charge in [-0.2, -0.15) is 5.10 Å². The van der Waals surface area contributed by atoms with Crippen LogP contribution in [-0.2, 0) is 30.7 Å². The molecular formula is C25H29N3O3. The van der Waals surface area contributed by atoms with E-state index in [1.54, 1.807) is 7.11 Å². The second-order valence-electron chi connectivity index (χ2n) is 7.76. The lowest BCUT2D eigenvalue weighted by Crippen LogP contribution is -2.33. The monoisotopic (exact) mass is 419 g/mol. The first-order valence-corrected chi connectivity index (χ1v) is 10.8. The highest BCUT2D eigenvalue weighted by molar-refractivity contribution is 5.89. The minimum absolute atomic E-state index is 0.336. The molecule has 2 heterocycles. The molecule has 6 heteroatoms. The summed E-state index contributed by atoms with van der Waals surface area (Å²) in [6.45, 7) is 5.42. The zero-order chi connectivity index (χ0) is 21.6. The number of aromatic nitrogens is 2. The van der Waals surface area contributed by atoms with Crippen LogP contribution in [0.4, 0.5) is 0 Å². The maximum atomic E-state index is 12.6. The maximum Gasteiger partial charge on any atom is 0.359 e. The van der Waals surface area contributed by atoms with Gasteiger partial charge in [-0.1, -0.05) is 42.5 Å². The van der Waals surface area contributed by atoms with E-state index in [2.05, 4.69) is 34.3 Å². The number of fused-ring (bicyclic) bond motifs is 1. The summed E-state index contributed by atoms with van der Waals surface area (Å²) in [7, 11) is 1.66. The van der Waals surface area contributed by atoms with E-state index in [0.717, 1.165) is 55.0 Å². The lowest BCUT2D eigenvalue weighted by atomic mass is 10.0. The van der Waals surface area contributed by atoms with Crippen LogP contribution in [-0.4, -0.2) is 47.5 Å². The third-order valence-corrected chi connectivity index (χ3v) is 5.73. The van der Waals surface area contributed by atoms with Gasteiger partial charge in [0.2, 0.25) is 0 Å². The summed E-state index contributed by atoms with van der Waals surface area (Å²) in [6.07, 6.45) is 1.86. The van der Waals surface area contributed by atoms with Crippen LogP contribution in [0, 0.1) is 0 Å². The molecule has 1 aliphatic heterocycles. The normalized spacial score (nSPS) is 13.6. The van der Waals surface area contributed by atoms with Gasteiger partial charge in [-0.05, 0) is 36.6 Å². The number of ether oxygens (including phenoxy) is 2. The molecule has 2 aromatic carbocycles. The molecule has 0 atom stereocenters. The Morgan fingerprint density at radius 1 is 1.06 bits per heavy atom. The molecule has 4 rings (SSSR count). The van der Waals surface area contributed by atoms with E-state index in [1.807, 2.05) is 41.9 Å². The van der Waals surface area contributed by atoms with Crippen molar-refractivity contribution in [2.24, 2.45) is 0 Å². The molecule has 0 saturated heterocycles. The van der Waals surface area contributed by atoms with E-state index in [1.165, 1.54) is 5.56 Å². The van der Waals surface area contributed by atoms with Crippen molar-refractivity contribution in [1.82, 2.24) is 14.7 Å². The molecule has 1 aromatic heterocycles. The molecule has 3 aromatic rings. The number of benzene rings is 2. The highest BCUT2D eigenvalue weighted by Crippen LogP contribution is 2.25. The smallest absolute Gasteiger partial charge is 0.359 e. The molecule has 6 nitrogen and oxygen atoms in total. The number of rotatable bonds is 8. The van der Waals surface area contributed by atoms with Gasteiger partial charge in [0.1, 0.15) is 5.75 Å². The zero-order valence-electron chi connectivity index (χ0n) is 18.2. The molecule has 0 amide bonds. The van der Waals surface area contributed by atoms with Crippen molar-refractivity contribution < 1.29 is 14.3 Å².